The maximum absolute atomic E-state index is 13.7. The second-order valence-corrected chi connectivity index (χ2v) is 7.88. The summed E-state index contributed by atoms with van der Waals surface area (Å²) in [6.45, 7) is 7.18. The van der Waals surface area contributed by atoms with Crippen LogP contribution in [0.3, 0.4) is 0 Å². The lowest BCUT2D eigenvalue weighted by atomic mass is 10.0. The van der Waals surface area contributed by atoms with Crippen molar-refractivity contribution in [2.75, 3.05) is 6.61 Å². The Hall–Kier alpha value is -1.70. The fraction of sp³-hybridized carbons (Fsp3) is 0.556. The van der Waals surface area contributed by atoms with Gasteiger partial charge in [-0.25, -0.2) is 9.37 Å². The fourth-order valence-corrected chi connectivity index (χ4v) is 3.68. The van der Waals surface area contributed by atoms with Gasteiger partial charge in [0.2, 0.25) is 0 Å². The summed E-state index contributed by atoms with van der Waals surface area (Å²) in [5.41, 5.74) is 3.72. The average Bonchev–Trinajstić information content (AvgIpc) is 3.05. The summed E-state index contributed by atoms with van der Waals surface area (Å²) in [6, 6.07) is 1.23. The van der Waals surface area contributed by atoms with Crippen LogP contribution >= 0.6 is 11.6 Å². The molecule has 3 atom stereocenters. The molecule has 0 saturated heterocycles. The van der Waals surface area contributed by atoms with Crippen LogP contribution in [0.2, 0.25) is 5.15 Å². The van der Waals surface area contributed by atoms with E-state index in [0.29, 0.717) is 17.3 Å². The quantitative estimate of drug-likeness (QED) is 0.430. The van der Waals surface area contributed by atoms with Crippen molar-refractivity contribution in [2.24, 2.45) is 11.8 Å². The number of halogens is 2. The predicted molar refractivity (Wildman–Crippen MR) is 97.0 cm³/mol. The molecule has 26 heavy (non-hydrogen) atoms. The van der Waals surface area contributed by atoms with E-state index in [1.54, 1.807) is 11.0 Å². The maximum Gasteiger partial charge on any atom is 0.254 e. The Kier molecular flexibility index (Phi) is 4.98. The zero-order valence-electron chi connectivity index (χ0n) is 15.3. The summed E-state index contributed by atoms with van der Waals surface area (Å²) in [5.74, 6) is 6.38. The number of fused-ring (bicyclic) bond motifs is 1. The lowest BCUT2D eigenvalue weighted by Gasteiger charge is -2.32. The molecule has 2 unspecified atom stereocenters. The zero-order valence-corrected chi connectivity index (χ0v) is 16.1. The monoisotopic (exact) mass is 382 g/mol. The number of rotatable bonds is 7. The molecule has 1 aromatic rings. The van der Waals surface area contributed by atoms with Gasteiger partial charge < -0.3 is 9.64 Å². The Balaban J connectivity index is 1.71. The van der Waals surface area contributed by atoms with Gasteiger partial charge in [0.05, 0.1) is 18.5 Å². The number of alkyl halides is 1. The third kappa shape index (κ3) is 3.43. The van der Waals surface area contributed by atoms with E-state index in [9.17, 15) is 9.18 Å². The molecule has 2 heterocycles. The number of aromatic nitrogens is 1. The number of hydrogen-bond donors (Lipinski definition) is 2. The van der Waals surface area contributed by atoms with E-state index >= 15 is 0 Å². The van der Waals surface area contributed by atoms with E-state index < -0.39 is 5.67 Å². The lowest BCUT2D eigenvalue weighted by molar-refractivity contribution is 0.0619. The highest BCUT2D eigenvalue weighted by atomic mass is 35.5. The Morgan fingerprint density at radius 1 is 1.58 bits per heavy atom. The molecule has 3 rings (SSSR count). The van der Waals surface area contributed by atoms with E-state index in [1.807, 2.05) is 13.8 Å². The smallest absolute Gasteiger partial charge is 0.254 e. The van der Waals surface area contributed by atoms with Crippen molar-refractivity contribution in [3.8, 4) is 0 Å². The van der Waals surface area contributed by atoms with Crippen molar-refractivity contribution in [1.82, 2.24) is 15.3 Å². The van der Waals surface area contributed by atoms with Gasteiger partial charge in [-0.15, -0.1) is 0 Å². The highest BCUT2D eigenvalue weighted by molar-refractivity contribution is 6.30. The van der Waals surface area contributed by atoms with Crippen LogP contribution < -0.4 is 11.3 Å². The van der Waals surface area contributed by atoms with Crippen LogP contribution in [-0.2, 0) is 11.3 Å². The van der Waals surface area contributed by atoms with Gasteiger partial charge in [0.1, 0.15) is 23.2 Å². The first-order valence-electron chi connectivity index (χ1n) is 8.58. The van der Waals surface area contributed by atoms with Crippen LogP contribution in [-0.4, -0.2) is 40.2 Å². The molecule has 0 fully saturated rings. The van der Waals surface area contributed by atoms with Crippen molar-refractivity contribution in [1.29, 1.82) is 0 Å². The summed E-state index contributed by atoms with van der Waals surface area (Å²) < 4.78 is 19.3. The molecule has 1 aliphatic heterocycles. The van der Waals surface area contributed by atoms with Gasteiger partial charge in [-0.2, -0.15) is 0 Å². The minimum absolute atomic E-state index is 0.0167. The number of carbonyl (C=O) groups is 1. The second kappa shape index (κ2) is 6.79. The van der Waals surface area contributed by atoms with Crippen LogP contribution in [0.5, 0.6) is 0 Å². The molecule has 3 N–H and O–H groups in total. The molecule has 1 aliphatic carbocycles. The minimum Gasteiger partial charge on any atom is -0.494 e. The Morgan fingerprint density at radius 3 is 2.85 bits per heavy atom. The van der Waals surface area contributed by atoms with Gasteiger partial charge in [0.25, 0.3) is 5.91 Å². The highest BCUT2D eigenvalue weighted by Crippen LogP contribution is 2.44. The molecular weight excluding hydrogens is 359 g/mol. The molecule has 0 spiro atoms. The molecule has 2 aliphatic rings. The number of pyridine rings is 1. The largest absolute Gasteiger partial charge is 0.494 e. The van der Waals surface area contributed by atoms with Crippen LogP contribution in [0.4, 0.5) is 4.39 Å². The van der Waals surface area contributed by atoms with Gasteiger partial charge in [-0.3, -0.25) is 16.1 Å². The normalized spacial score (nSPS) is 21.7. The van der Waals surface area contributed by atoms with E-state index in [1.165, 1.54) is 20.0 Å². The number of carbonyl (C=O) groups excluding carboxylic acids is 1. The number of nitrogens with zero attached hydrogens (tertiary/aromatic N) is 2. The van der Waals surface area contributed by atoms with E-state index in [4.69, 9.17) is 22.2 Å². The van der Waals surface area contributed by atoms with Crippen LogP contribution in [0.15, 0.2) is 23.6 Å². The predicted octanol–water partition coefficient (Wildman–Crippen LogP) is 2.58. The number of nitrogens with two attached hydrogens (primary N) is 1. The third-order valence-electron chi connectivity index (χ3n) is 5.01. The summed E-state index contributed by atoms with van der Waals surface area (Å²) >= 11 is 6.13. The van der Waals surface area contributed by atoms with Crippen molar-refractivity contribution in [3.63, 3.8) is 0 Å². The van der Waals surface area contributed by atoms with Gasteiger partial charge in [-0.05, 0) is 39.3 Å². The first-order chi connectivity index (χ1) is 12.2. The number of hydrazine groups is 1. The van der Waals surface area contributed by atoms with Crippen LogP contribution in [0, 0.1) is 5.92 Å². The molecule has 6 nitrogen and oxygen atoms in total. The Morgan fingerprint density at radius 2 is 2.27 bits per heavy atom. The first kappa shape index (κ1) is 19.1. The van der Waals surface area contributed by atoms with Gasteiger partial charge in [-0.1, -0.05) is 11.6 Å². The Labute approximate surface area is 157 Å². The third-order valence-corrected chi connectivity index (χ3v) is 5.34. The molecule has 142 valence electrons. The second-order valence-electron chi connectivity index (χ2n) is 7.53. The number of ether oxygens (including phenoxy) is 1. The maximum atomic E-state index is 13.7. The zero-order chi connectivity index (χ0) is 19.2. The van der Waals surface area contributed by atoms with Crippen molar-refractivity contribution >= 4 is 17.5 Å². The standard InChI is InChI=1S/C18H24ClFN4O2/c1-9-13(15(9)26-8-18(3,4)20)14(23-21)10(2)24-7-12-11(17(24)25)5-6-22-16(12)19/h5-6,10,13-14,23H,7-8,21H2,1-4H3/t10?,13-,14?/m0/s1. The van der Waals surface area contributed by atoms with Crippen molar-refractivity contribution in [2.45, 2.75) is 52.0 Å². The molecule has 0 bridgehead atoms. The highest BCUT2D eigenvalue weighted by Gasteiger charge is 2.47. The number of amides is 1. The van der Waals surface area contributed by atoms with Gasteiger partial charge >= 0.3 is 0 Å². The van der Waals surface area contributed by atoms with E-state index in [-0.39, 0.29) is 30.5 Å². The first-order valence-corrected chi connectivity index (χ1v) is 8.96. The summed E-state index contributed by atoms with van der Waals surface area (Å²) in [4.78, 5) is 18.5. The molecule has 1 amide bonds. The average molecular weight is 383 g/mol. The molecule has 0 aromatic carbocycles. The minimum atomic E-state index is -1.41. The summed E-state index contributed by atoms with van der Waals surface area (Å²) in [6.07, 6.45) is 1.53. The van der Waals surface area contributed by atoms with Gasteiger partial charge in [0.15, 0.2) is 0 Å². The van der Waals surface area contributed by atoms with E-state index in [2.05, 4.69) is 10.4 Å². The Bertz CT molecular complexity index is 762. The van der Waals surface area contributed by atoms with Crippen LogP contribution in [0.1, 0.15) is 43.6 Å². The molecule has 8 heteroatoms. The van der Waals surface area contributed by atoms with Crippen molar-refractivity contribution < 1.29 is 13.9 Å². The van der Waals surface area contributed by atoms with Crippen LogP contribution in [0.25, 0.3) is 0 Å². The number of nitrogens with one attached hydrogen (secondary N) is 1. The molecular formula is C18H24ClFN4O2. The van der Waals surface area contributed by atoms with E-state index in [0.717, 1.165) is 16.9 Å². The van der Waals surface area contributed by atoms with Gasteiger partial charge in [0, 0.05) is 23.4 Å². The fourth-order valence-electron chi connectivity index (χ4n) is 3.46. The summed E-state index contributed by atoms with van der Waals surface area (Å²) in [5, 5.41) is 0.345. The topological polar surface area (TPSA) is 80.5 Å². The summed E-state index contributed by atoms with van der Waals surface area (Å²) in [7, 11) is 0. The number of hydrogen-bond acceptors (Lipinski definition) is 5. The SMILES string of the molecule is CC1=C(OCC(C)(C)F)[C@@H]1C(NN)C(C)N1Cc2c(ccnc2Cl)C1=O. The molecule has 0 radical (unpaired) electrons. The molecule has 0 saturated carbocycles. The van der Waals surface area contributed by atoms with Crippen molar-refractivity contribution in [3.05, 3.63) is 39.9 Å². The molecule has 1 aromatic heterocycles. The lowest BCUT2D eigenvalue weighted by Crippen LogP contribution is -2.53.